The summed E-state index contributed by atoms with van der Waals surface area (Å²) < 4.78 is 4.11. The van der Waals surface area contributed by atoms with Crippen LogP contribution in [-0.4, -0.2) is 21.1 Å². The molecule has 2 aromatic heterocycles. The number of nitrogens with one attached hydrogen (secondary N) is 1. The zero-order valence-electron chi connectivity index (χ0n) is 12.0. The van der Waals surface area contributed by atoms with Crippen molar-refractivity contribution in [2.75, 3.05) is 6.54 Å². The van der Waals surface area contributed by atoms with Crippen LogP contribution in [0.4, 0.5) is 0 Å². The van der Waals surface area contributed by atoms with Gasteiger partial charge >= 0.3 is 0 Å². The lowest BCUT2D eigenvalue weighted by atomic mass is 9.81. The zero-order chi connectivity index (χ0) is 13.9. The Hall–Kier alpha value is -1.33. The van der Waals surface area contributed by atoms with Gasteiger partial charge in [0.05, 0.1) is 16.6 Å². The number of nitrogens with zero attached hydrogens (tertiary/aromatic N) is 3. The van der Waals surface area contributed by atoms with Crippen molar-refractivity contribution in [1.82, 2.24) is 19.9 Å². The molecule has 2 aromatic rings. The first-order valence-electron chi connectivity index (χ1n) is 7.27. The lowest BCUT2D eigenvalue weighted by Gasteiger charge is -2.31. The highest BCUT2D eigenvalue weighted by molar-refractivity contribution is 7.05. The number of hydrogen-bond acceptors (Lipinski definition) is 5. The van der Waals surface area contributed by atoms with E-state index >= 15 is 0 Å². The second-order valence-electron chi connectivity index (χ2n) is 5.30. The Morgan fingerprint density at radius 1 is 1.50 bits per heavy atom. The molecule has 0 radical (unpaired) electrons. The molecule has 2 heterocycles. The van der Waals surface area contributed by atoms with E-state index in [1.165, 1.54) is 40.5 Å². The third kappa shape index (κ3) is 2.47. The summed E-state index contributed by atoms with van der Waals surface area (Å²) in [6.07, 6.45) is 5.48. The van der Waals surface area contributed by atoms with Gasteiger partial charge in [0.25, 0.3) is 0 Å². The molecule has 0 bridgehead atoms. The molecule has 3 rings (SSSR count). The SMILES string of the molecule is CCNC(c1snnc1C)C1CCCc2cccnc21. The fourth-order valence-electron chi connectivity index (χ4n) is 3.13. The number of aryl methyl sites for hydroxylation is 2. The Bertz CT molecular complexity index is 581. The molecule has 0 saturated carbocycles. The van der Waals surface area contributed by atoms with Gasteiger partial charge in [-0.3, -0.25) is 4.98 Å². The van der Waals surface area contributed by atoms with Crippen LogP contribution in [0.1, 0.15) is 53.6 Å². The number of rotatable bonds is 4. The van der Waals surface area contributed by atoms with Crippen molar-refractivity contribution in [3.63, 3.8) is 0 Å². The Balaban J connectivity index is 1.99. The second-order valence-corrected chi connectivity index (χ2v) is 6.09. The minimum Gasteiger partial charge on any atom is -0.309 e. The molecule has 2 atom stereocenters. The van der Waals surface area contributed by atoms with E-state index in [9.17, 15) is 0 Å². The Kier molecular flexibility index (Phi) is 4.08. The van der Waals surface area contributed by atoms with Crippen LogP contribution in [0.3, 0.4) is 0 Å². The van der Waals surface area contributed by atoms with Crippen LogP contribution in [0.5, 0.6) is 0 Å². The van der Waals surface area contributed by atoms with E-state index < -0.39 is 0 Å². The summed E-state index contributed by atoms with van der Waals surface area (Å²) in [5.74, 6) is 0.431. The number of hydrogen-bond donors (Lipinski definition) is 1. The first-order valence-corrected chi connectivity index (χ1v) is 8.04. The number of aromatic nitrogens is 3. The standard InChI is InChI=1S/C15H20N4S/c1-3-16-14(15-10(2)18-19-20-15)12-8-4-6-11-7-5-9-17-13(11)12/h5,7,9,12,14,16H,3-4,6,8H2,1-2H3. The maximum Gasteiger partial charge on any atom is 0.0773 e. The third-order valence-corrected chi connectivity index (χ3v) is 4.94. The summed E-state index contributed by atoms with van der Waals surface area (Å²) >= 11 is 1.51. The second kappa shape index (κ2) is 5.97. The van der Waals surface area contributed by atoms with E-state index in [0.29, 0.717) is 5.92 Å². The van der Waals surface area contributed by atoms with Gasteiger partial charge in [-0.2, -0.15) is 0 Å². The molecule has 0 aromatic carbocycles. The van der Waals surface area contributed by atoms with Gasteiger partial charge in [-0.25, -0.2) is 0 Å². The number of fused-ring (bicyclic) bond motifs is 1. The highest BCUT2D eigenvalue weighted by Crippen LogP contribution is 2.40. The van der Waals surface area contributed by atoms with Crippen LogP contribution in [0.15, 0.2) is 18.3 Å². The predicted molar refractivity (Wildman–Crippen MR) is 81.0 cm³/mol. The topological polar surface area (TPSA) is 50.7 Å². The molecular formula is C15H20N4S. The average molecular weight is 288 g/mol. The molecule has 0 amide bonds. The number of pyridine rings is 1. The highest BCUT2D eigenvalue weighted by atomic mass is 32.1. The lowest BCUT2D eigenvalue weighted by molar-refractivity contribution is 0.403. The molecule has 4 nitrogen and oxygen atoms in total. The van der Waals surface area contributed by atoms with E-state index in [2.05, 4.69) is 32.9 Å². The van der Waals surface area contributed by atoms with E-state index in [1.54, 1.807) is 0 Å². The van der Waals surface area contributed by atoms with Crippen molar-refractivity contribution in [1.29, 1.82) is 0 Å². The van der Waals surface area contributed by atoms with Crippen LogP contribution in [0.25, 0.3) is 0 Å². The summed E-state index contributed by atoms with van der Waals surface area (Å²) in [7, 11) is 0. The molecule has 0 fully saturated rings. The summed E-state index contributed by atoms with van der Waals surface area (Å²) in [4.78, 5) is 5.93. The fraction of sp³-hybridized carbons (Fsp3) is 0.533. The smallest absolute Gasteiger partial charge is 0.0773 e. The van der Waals surface area contributed by atoms with Crippen LogP contribution in [0, 0.1) is 6.92 Å². The molecule has 20 heavy (non-hydrogen) atoms. The minimum absolute atomic E-state index is 0.286. The van der Waals surface area contributed by atoms with E-state index in [-0.39, 0.29) is 6.04 Å². The van der Waals surface area contributed by atoms with Gasteiger partial charge in [0, 0.05) is 17.8 Å². The molecular weight excluding hydrogens is 268 g/mol. The van der Waals surface area contributed by atoms with Gasteiger partial charge in [-0.15, -0.1) is 5.10 Å². The summed E-state index contributed by atoms with van der Waals surface area (Å²) in [5, 5.41) is 7.81. The Labute approximate surface area is 123 Å². The van der Waals surface area contributed by atoms with Crippen LogP contribution in [-0.2, 0) is 6.42 Å². The zero-order valence-corrected chi connectivity index (χ0v) is 12.8. The van der Waals surface area contributed by atoms with Crippen molar-refractivity contribution < 1.29 is 0 Å². The predicted octanol–water partition coefficient (Wildman–Crippen LogP) is 3.01. The van der Waals surface area contributed by atoms with Gasteiger partial charge in [0.2, 0.25) is 0 Å². The van der Waals surface area contributed by atoms with E-state index in [1.807, 2.05) is 19.2 Å². The largest absolute Gasteiger partial charge is 0.309 e. The van der Waals surface area contributed by atoms with Crippen molar-refractivity contribution >= 4 is 11.5 Å². The molecule has 0 spiro atoms. The monoisotopic (exact) mass is 288 g/mol. The molecule has 106 valence electrons. The normalized spacial score (nSPS) is 19.6. The maximum atomic E-state index is 4.67. The molecule has 1 aliphatic rings. The average Bonchev–Trinajstić information content (AvgIpc) is 2.90. The van der Waals surface area contributed by atoms with Crippen LogP contribution >= 0.6 is 11.5 Å². The molecule has 1 aliphatic carbocycles. The molecule has 1 N–H and O–H groups in total. The highest BCUT2D eigenvalue weighted by Gasteiger charge is 2.31. The minimum atomic E-state index is 0.286. The fourth-order valence-corrected chi connectivity index (χ4v) is 3.92. The van der Waals surface area contributed by atoms with Gasteiger partial charge in [-0.05, 0) is 55.9 Å². The summed E-state index contributed by atoms with van der Waals surface area (Å²) in [5.41, 5.74) is 3.71. The Morgan fingerprint density at radius 3 is 3.15 bits per heavy atom. The van der Waals surface area contributed by atoms with Crippen LogP contribution in [0.2, 0.25) is 0 Å². The van der Waals surface area contributed by atoms with Gasteiger partial charge < -0.3 is 5.32 Å². The maximum absolute atomic E-state index is 4.67. The lowest BCUT2D eigenvalue weighted by Crippen LogP contribution is -2.29. The summed E-state index contributed by atoms with van der Waals surface area (Å²) in [6, 6.07) is 4.55. The van der Waals surface area contributed by atoms with Crippen LogP contribution < -0.4 is 5.32 Å². The molecule has 5 heteroatoms. The van der Waals surface area contributed by atoms with Crippen molar-refractivity contribution in [2.45, 2.75) is 45.1 Å². The van der Waals surface area contributed by atoms with Gasteiger partial charge in [-0.1, -0.05) is 17.5 Å². The third-order valence-electron chi connectivity index (χ3n) is 4.03. The van der Waals surface area contributed by atoms with Crippen molar-refractivity contribution in [2.24, 2.45) is 0 Å². The van der Waals surface area contributed by atoms with E-state index in [0.717, 1.165) is 18.7 Å². The van der Waals surface area contributed by atoms with E-state index in [4.69, 9.17) is 0 Å². The van der Waals surface area contributed by atoms with Crippen molar-refractivity contribution in [3.05, 3.63) is 40.2 Å². The number of likely N-dealkylation sites (N-methyl/N-ethyl adjacent to an activating group) is 1. The first kappa shape index (κ1) is 13.6. The Morgan fingerprint density at radius 2 is 2.40 bits per heavy atom. The molecule has 0 aliphatic heterocycles. The summed E-state index contributed by atoms with van der Waals surface area (Å²) in [6.45, 7) is 5.14. The first-order chi connectivity index (χ1) is 9.81. The molecule has 2 unspecified atom stereocenters. The molecule has 0 saturated heterocycles. The van der Waals surface area contributed by atoms with Crippen molar-refractivity contribution in [3.8, 4) is 0 Å². The van der Waals surface area contributed by atoms with Gasteiger partial charge in [0.15, 0.2) is 0 Å². The quantitative estimate of drug-likeness (QED) is 0.939. The van der Waals surface area contributed by atoms with Gasteiger partial charge in [0.1, 0.15) is 0 Å².